The third-order valence-corrected chi connectivity index (χ3v) is 4.02. The summed E-state index contributed by atoms with van der Waals surface area (Å²) in [4.78, 5) is 11.0. The summed E-state index contributed by atoms with van der Waals surface area (Å²) in [6, 6.07) is 5.82. The number of hydrogen-bond acceptors (Lipinski definition) is 4. The molecule has 0 aliphatic carbocycles. The molecule has 0 saturated carbocycles. The highest BCUT2D eigenvalue weighted by atomic mass is 32.1. The third-order valence-electron chi connectivity index (χ3n) is 3.60. The Morgan fingerprint density at radius 1 is 1.35 bits per heavy atom. The van der Waals surface area contributed by atoms with Crippen LogP contribution in [0, 0.1) is 0 Å². The van der Waals surface area contributed by atoms with Crippen LogP contribution in [0.5, 0.6) is 0 Å². The summed E-state index contributed by atoms with van der Waals surface area (Å²) < 4.78 is 0. The maximum absolute atomic E-state index is 5.39. The highest BCUT2D eigenvalue weighted by Gasteiger charge is 2.13. The fourth-order valence-electron chi connectivity index (χ4n) is 2.17. The topological polar surface area (TPSA) is 34.6 Å². The minimum Gasteiger partial charge on any atom is -0.361 e. The molecule has 1 aliphatic heterocycles. The van der Waals surface area contributed by atoms with Crippen LogP contribution in [0.25, 0.3) is 0 Å². The average Bonchev–Trinajstić information content (AvgIpc) is 2.49. The second-order valence-corrected chi connectivity index (χ2v) is 5.51. The first-order chi connectivity index (χ1) is 9.66. The Labute approximate surface area is 126 Å². The fourth-order valence-corrected chi connectivity index (χ4v) is 2.36. The molecule has 5 nitrogen and oxygen atoms in total. The smallest absolute Gasteiger partial charge is 0.174 e. The second kappa shape index (κ2) is 7.52. The molecule has 0 unspecified atom stereocenters. The Morgan fingerprint density at radius 2 is 2.10 bits per heavy atom. The Morgan fingerprint density at radius 3 is 2.75 bits per heavy atom. The Kier molecular flexibility index (Phi) is 5.70. The predicted octanol–water partition coefficient (Wildman–Crippen LogP) is 0.640. The van der Waals surface area contributed by atoms with Crippen molar-refractivity contribution in [3.05, 3.63) is 24.4 Å². The summed E-state index contributed by atoms with van der Waals surface area (Å²) in [5.74, 6) is 0.865. The van der Waals surface area contributed by atoms with Crippen LogP contribution in [-0.4, -0.2) is 73.3 Å². The van der Waals surface area contributed by atoms with Gasteiger partial charge in [-0.15, -0.1) is 0 Å². The van der Waals surface area contributed by atoms with Gasteiger partial charge in [-0.3, -0.25) is 4.90 Å². The highest BCUT2D eigenvalue weighted by Crippen LogP contribution is 2.06. The van der Waals surface area contributed by atoms with Gasteiger partial charge >= 0.3 is 0 Å². The maximum Gasteiger partial charge on any atom is 0.174 e. The van der Waals surface area contributed by atoms with Gasteiger partial charge in [-0.25, -0.2) is 4.98 Å². The number of rotatable bonds is 4. The monoisotopic (exact) mass is 293 g/mol. The van der Waals surface area contributed by atoms with Crippen molar-refractivity contribution in [2.24, 2.45) is 0 Å². The quantitative estimate of drug-likeness (QED) is 0.821. The minimum atomic E-state index is 0.720. The molecule has 2 rings (SSSR count). The van der Waals surface area contributed by atoms with Crippen molar-refractivity contribution < 1.29 is 0 Å². The molecule has 0 radical (unpaired) electrons. The van der Waals surface area contributed by atoms with Crippen molar-refractivity contribution >= 4 is 23.1 Å². The van der Waals surface area contributed by atoms with E-state index < -0.39 is 0 Å². The maximum atomic E-state index is 5.39. The van der Waals surface area contributed by atoms with Gasteiger partial charge in [0.15, 0.2) is 5.11 Å². The van der Waals surface area contributed by atoms with Crippen LogP contribution >= 0.6 is 12.2 Å². The number of nitrogens with one attached hydrogen (secondary N) is 1. The standard InChI is InChI=1S/C14H23N5S/c1-17-9-11-19(12-10-17)8-7-16-14(20)18(2)13-5-3-4-6-15-13/h3-6H,7-12H2,1-2H3,(H,16,20). The summed E-state index contributed by atoms with van der Waals surface area (Å²) in [6.07, 6.45) is 1.78. The number of aromatic nitrogens is 1. The lowest BCUT2D eigenvalue weighted by molar-refractivity contribution is 0.156. The van der Waals surface area contributed by atoms with E-state index in [1.807, 2.05) is 30.1 Å². The summed E-state index contributed by atoms with van der Waals surface area (Å²) in [5.41, 5.74) is 0. The van der Waals surface area contributed by atoms with E-state index >= 15 is 0 Å². The van der Waals surface area contributed by atoms with E-state index in [2.05, 4.69) is 27.1 Å². The zero-order valence-electron chi connectivity index (χ0n) is 12.2. The van der Waals surface area contributed by atoms with E-state index in [4.69, 9.17) is 12.2 Å². The van der Waals surface area contributed by atoms with Crippen LogP contribution in [0.15, 0.2) is 24.4 Å². The summed E-state index contributed by atoms with van der Waals surface area (Å²) in [7, 11) is 4.11. The van der Waals surface area contributed by atoms with Gasteiger partial charge in [0.2, 0.25) is 0 Å². The lowest BCUT2D eigenvalue weighted by atomic mass is 10.3. The summed E-state index contributed by atoms with van der Waals surface area (Å²) >= 11 is 5.39. The molecule has 0 amide bonds. The SMILES string of the molecule is CN1CCN(CCNC(=S)N(C)c2ccccn2)CC1. The van der Waals surface area contributed by atoms with Gasteiger partial charge in [0.25, 0.3) is 0 Å². The van der Waals surface area contributed by atoms with Gasteiger partial charge < -0.3 is 15.1 Å². The second-order valence-electron chi connectivity index (χ2n) is 5.12. The van der Waals surface area contributed by atoms with Gasteiger partial charge in [-0.1, -0.05) is 6.07 Å². The van der Waals surface area contributed by atoms with Crippen LogP contribution in [-0.2, 0) is 0 Å². The van der Waals surface area contributed by atoms with E-state index in [1.54, 1.807) is 6.20 Å². The van der Waals surface area contributed by atoms with Gasteiger partial charge in [-0.05, 0) is 31.4 Å². The van der Waals surface area contributed by atoms with Gasteiger partial charge in [-0.2, -0.15) is 0 Å². The Bertz CT molecular complexity index is 417. The van der Waals surface area contributed by atoms with E-state index in [0.717, 1.165) is 50.2 Å². The lowest BCUT2D eigenvalue weighted by Gasteiger charge is -2.32. The largest absolute Gasteiger partial charge is 0.361 e. The van der Waals surface area contributed by atoms with E-state index in [-0.39, 0.29) is 0 Å². The van der Waals surface area contributed by atoms with Crippen LogP contribution in [0.2, 0.25) is 0 Å². The molecule has 1 N–H and O–H groups in total. The molecular weight excluding hydrogens is 270 g/mol. The van der Waals surface area contributed by atoms with Crippen molar-refractivity contribution in [1.82, 2.24) is 20.1 Å². The molecule has 0 aromatic carbocycles. The molecule has 1 saturated heterocycles. The number of hydrogen-bond donors (Lipinski definition) is 1. The van der Waals surface area contributed by atoms with Crippen molar-refractivity contribution in [1.29, 1.82) is 0 Å². The Balaban J connectivity index is 1.70. The first kappa shape index (κ1) is 15.2. The number of likely N-dealkylation sites (N-methyl/N-ethyl adjacent to an activating group) is 1. The van der Waals surface area contributed by atoms with Gasteiger partial charge in [0.1, 0.15) is 5.82 Å². The molecule has 0 spiro atoms. The van der Waals surface area contributed by atoms with Gasteiger partial charge in [0.05, 0.1) is 0 Å². The molecule has 1 aromatic rings. The van der Waals surface area contributed by atoms with Crippen molar-refractivity contribution in [3.63, 3.8) is 0 Å². The van der Waals surface area contributed by atoms with E-state index in [0.29, 0.717) is 0 Å². The molecule has 1 fully saturated rings. The zero-order valence-corrected chi connectivity index (χ0v) is 13.1. The molecule has 110 valence electrons. The fraction of sp³-hybridized carbons (Fsp3) is 0.571. The van der Waals surface area contributed by atoms with Crippen molar-refractivity contribution in [3.8, 4) is 0 Å². The normalized spacial score (nSPS) is 16.9. The molecule has 1 aliphatic rings. The molecule has 2 heterocycles. The number of piperazine rings is 1. The van der Waals surface area contributed by atoms with Gasteiger partial charge in [0, 0.05) is 52.5 Å². The first-order valence-corrected chi connectivity index (χ1v) is 7.41. The summed E-state index contributed by atoms with van der Waals surface area (Å²) in [6.45, 7) is 6.49. The van der Waals surface area contributed by atoms with Crippen molar-refractivity contribution in [2.75, 3.05) is 58.3 Å². The molecule has 0 atom stereocenters. The number of nitrogens with zero attached hydrogens (tertiary/aromatic N) is 4. The zero-order chi connectivity index (χ0) is 14.4. The molecule has 6 heteroatoms. The van der Waals surface area contributed by atoms with E-state index in [1.165, 1.54) is 0 Å². The number of pyridine rings is 1. The highest BCUT2D eigenvalue weighted by molar-refractivity contribution is 7.80. The summed E-state index contributed by atoms with van der Waals surface area (Å²) in [5, 5.41) is 4.02. The molecular formula is C14H23N5S. The predicted molar refractivity (Wildman–Crippen MR) is 87.2 cm³/mol. The van der Waals surface area contributed by atoms with Crippen LogP contribution in [0.1, 0.15) is 0 Å². The van der Waals surface area contributed by atoms with Crippen LogP contribution < -0.4 is 10.2 Å². The minimum absolute atomic E-state index is 0.720. The van der Waals surface area contributed by atoms with Crippen molar-refractivity contribution in [2.45, 2.75) is 0 Å². The molecule has 1 aromatic heterocycles. The first-order valence-electron chi connectivity index (χ1n) is 7.00. The lowest BCUT2D eigenvalue weighted by Crippen LogP contribution is -2.48. The number of thiocarbonyl (C=S) groups is 1. The molecule has 20 heavy (non-hydrogen) atoms. The third kappa shape index (κ3) is 4.40. The Hall–Kier alpha value is -1.24. The van der Waals surface area contributed by atoms with Crippen LogP contribution in [0.3, 0.4) is 0 Å². The average molecular weight is 293 g/mol. The molecule has 0 bridgehead atoms. The van der Waals surface area contributed by atoms with Crippen LogP contribution in [0.4, 0.5) is 5.82 Å². The number of anilines is 1. The van der Waals surface area contributed by atoms with E-state index in [9.17, 15) is 0 Å².